The second-order valence-electron chi connectivity index (χ2n) is 9.71. The Hall–Kier alpha value is -2.42. The highest BCUT2D eigenvalue weighted by molar-refractivity contribution is 5.42. The van der Waals surface area contributed by atoms with Gasteiger partial charge >= 0.3 is 0 Å². The van der Waals surface area contributed by atoms with Crippen LogP contribution in [0.4, 0.5) is 22.0 Å². The normalized spacial score (nSPS) is 16.3. The zero-order valence-corrected chi connectivity index (χ0v) is 22.3. The molecule has 1 aliphatic carbocycles. The summed E-state index contributed by atoms with van der Waals surface area (Å²) in [4.78, 5) is 3.59. The molecule has 1 unspecified atom stereocenters. The molecular formula is C29H38F5NO3. The standard InChI is InChI=1S/C29H38F5NO3/c1-3-5-7-8-17-37-23-14-12-21(26(30)27(23)31)22-13-11-20-19-24(35-28(32)25(20)29(22,33)34)38-18-10-9-16-36-15-6-4-2/h12,14,19,22H,3-11,13,15-18H2,1-2H3. The van der Waals surface area contributed by atoms with E-state index in [2.05, 4.69) is 18.8 Å². The maximum atomic E-state index is 15.5. The van der Waals surface area contributed by atoms with Crippen molar-refractivity contribution in [2.45, 2.75) is 89.9 Å². The van der Waals surface area contributed by atoms with Crippen molar-refractivity contribution in [3.63, 3.8) is 0 Å². The fourth-order valence-corrected chi connectivity index (χ4v) is 4.64. The summed E-state index contributed by atoms with van der Waals surface area (Å²) in [6, 6.07) is 3.59. The average Bonchev–Trinajstić information content (AvgIpc) is 2.88. The van der Waals surface area contributed by atoms with Crippen LogP contribution in [0, 0.1) is 17.6 Å². The van der Waals surface area contributed by atoms with Gasteiger partial charge in [-0.2, -0.15) is 13.8 Å². The molecule has 0 bridgehead atoms. The highest BCUT2D eigenvalue weighted by atomic mass is 19.3. The van der Waals surface area contributed by atoms with Gasteiger partial charge in [-0.1, -0.05) is 45.6 Å². The second kappa shape index (κ2) is 14.7. The summed E-state index contributed by atoms with van der Waals surface area (Å²) < 4.78 is 91.7. The Balaban J connectivity index is 1.66. The van der Waals surface area contributed by atoms with E-state index in [1.807, 2.05) is 0 Å². The summed E-state index contributed by atoms with van der Waals surface area (Å²) in [5.74, 6) is -9.96. The average molecular weight is 544 g/mol. The highest BCUT2D eigenvalue weighted by Crippen LogP contribution is 2.51. The third-order valence-corrected chi connectivity index (χ3v) is 6.79. The van der Waals surface area contributed by atoms with Gasteiger partial charge in [0.2, 0.25) is 17.6 Å². The van der Waals surface area contributed by atoms with Gasteiger partial charge in [-0.15, -0.1) is 0 Å². The molecule has 212 valence electrons. The number of fused-ring (bicyclic) bond motifs is 1. The molecule has 9 heteroatoms. The lowest BCUT2D eigenvalue weighted by Crippen LogP contribution is -2.32. The first kappa shape index (κ1) is 30.1. The van der Waals surface area contributed by atoms with E-state index in [-0.39, 0.29) is 43.2 Å². The molecule has 4 nitrogen and oxygen atoms in total. The van der Waals surface area contributed by atoms with Crippen LogP contribution in [0.3, 0.4) is 0 Å². The summed E-state index contributed by atoms with van der Waals surface area (Å²) in [7, 11) is 0. The number of rotatable bonds is 16. The molecule has 0 aliphatic heterocycles. The van der Waals surface area contributed by atoms with E-state index in [0.29, 0.717) is 26.1 Å². The Morgan fingerprint density at radius 1 is 0.842 bits per heavy atom. The Bertz CT molecular complexity index is 1030. The highest BCUT2D eigenvalue weighted by Gasteiger charge is 2.50. The van der Waals surface area contributed by atoms with Crippen LogP contribution in [-0.2, 0) is 17.1 Å². The van der Waals surface area contributed by atoms with E-state index in [1.54, 1.807) is 0 Å². The maximum Gasteiger partial charge on any atom is 0.284 e. The fourth-order valence-electron chi connectivity index (χ4n) is 4.64. The minimum atomic E-state index is -3.78. The molecule has 0 saturated heterocycles. The summed E-state index contributed by atoms with van der Waals surface area (Å²) in [6.45, 7) is 5.88. The molecular weight excluding hydrogens is 505 g/mol. The lowest BCUT2D eigenvalue weighted by atomic mass is 9.77. The van der Waals surface area contributed by atoms with Crippen molar-refractivity contribution in [3.8, 4) is 11.6 Å². The first-order chi connectivity index (χ1) is 18.3. The van der Waals surface area contributed by atoms with Gasteiger partial charge in [-0.3, -0.25) is 0 Å². The van der Waals surface area contributed by atoms with Crippen LogP contribution in [0.15, 0.2) is 18.2 Å². The fraction of sp³-hybridized carbons (Fsp3) is 0.621. The Kier molecular flexibility index (Phi) is 11.6. The predicted molar refractivity (Wildman–Crippen MR) is 136 cm³/mol. The molecule has 1 aromatic heterocycles. The van der Waals surface area contributed by atoms with Crippen molar-refractivity contribution < 1.29 is 36.2 Å². The van der Waals surface area contributed by atoms with E-state index in [9.17, 15) is 13.2 Å². The number of ether oxygens (including phenoxy) is 3. The molecule has 3 rings (SSSR count). The van der Waals surface area contributed by atoms with Crippen LogP contribution in [0.1, 0.15) is 94.2 Å². The van der Waals surface area contributed by atoms with Crippen LogP contribution >= 0.6 is 0 Å². The number of halogens is 5. The zero-order chi connectivity index (χ0) is 27.5. The Labute approximate surface area is 221 Å². The molecule has 2 aromatic rings. The molecule has 1 aromatic carbocycles. The third kappa shape index (κ3) is 7.58. The lowest BCUT2D eigenvalue weighted by Gasteiger charge is -2.34. The molecule has 1 heterocycles. The quantitative estimate of drug-likeness (QED) is 0.121. The Morgan fingerprint density at radius 3 is 2.29 bits per heavy atom. The van der Waals surface area contributed by atoms with Gasteiger partial charge in [0.1, 0.15) is 0 Å². The number of alkyl halides is 2. The van der Waals surface area contributed by atoms with Crippen LogP contribution in [0.2, 0.25) is 0 Å². The molecule has 0 fully saturated rings. The van der Waals surface area contributed by atoms with Crippen molar-refractivity contribution in [2.24, 2.45) is 0 Å². The van der Waals surface area contributed by atoms with Crippen molar-refractivity contribution >= 4 is 0 Å². The van der Waals surface area contributed by atoms with E-state index in [1.165, 1.54) is 12.1 Å². The number of nitrogens with zero attached hydrogens (tertiary/aromatic N) is 1. The minimum Gasteiger partial charge on any atom is -0.490 e. The van der Waals surface area contributed by atoms with E-state index in [4.69, 9.17) is 14.2 Å². The van der Waals surface area contributed by atoms with Crippen molar-refractivity contribution in [1.29, 1.82) is 0 Å². The maximum absolute atomic E-state index is 15.5. The molecule has 1 aliphatic rings. The SMILES string of the molecule is CCCCCCOc1ccc(C2CCc3cc(OCCCCOCCCC)nc(F)c3C2(F)F)c(F)c1F. The summed E-state index contributed by atoms with van der Waals surface area (Å²) in [6.07, 6.45) is 6.92. The number of benzene rings is 1. The lowest BCUT2D eigenvalue weighted by molar-refractivity contribution is -0.0487. The van der Waals surface area contributed by atoms with Gasteiger partial charge < -0.3 is 14.2 Å². The number of pyridine rings is 1. The van der Waals surface area contributed by atoms with Gasteiger partial charge in [-0.05, 0) is 50.2 Å². The topological polar surface area (TPSA) is 40.6 Å². The van der Waals surface area contributed by atoms with E-state index < -0.39 is 40.5 Å². The largest absolute Gasteiger partial charge is 0.490 e. The molecule has 0 N–H and O–H groups in total. The first-order valence-corrected chi connectivity index (χ1v) is 13.7. The molecule has 0 saturated carbocycles. The number of aryl methyl sites for hydroxylation is 1. The smallest absolute Gasteiger partial charge is 0.284 e. The number of hydrogen-bond acceptors (Lipinski definition) is 4. The Morgan fingerprint density at radius 2 is 1.53 bits per heavy atom. The molecule has 0 spiro atoms. The van der Waals surface area contributed by atoms with Crippen LogP contribution < -0.4 is 9.47 Å². The van der Waals surface area contributed by atoms with Crippen LogP contribution in [0.25, 0.3) is 0 Å². The van der Waals surface area contributed by atoms with Gasteiger partial charge in [0.25, 0.3) is 5.92 Å². The van der Waals surface area contributed by atoms with Gasteiger partial charge in [0.15, 0.2) is 11.6 Å². The van der Waals surface area contributed by atoms with E-state index in [0.717, 1.165) is 44.6 Å². The molecule has 38 heavy (non-hydrogen) atoms. The molecule has 1 atom stereocenters. The summed E-state index contributed by atoms with van der Waals surface area (Å²) in [5.41, 5.74) is -1.33. The van der Waals surface area contributed by atoms with Gasteiger partial charge in [0.05, 0.1) is 24.7 Å². The number of aromatic nitrogens is 1. The predicted octanol–water partition coefficient (Wildman–Crippen LogP) is 8.26. The van der Waals surface area contributed by atoms with Crippen LogP contribution in [-0.4, -0.2) is 31.4 Å². The minimum absolute atomic E-state index is 0.0490. The summed E-state index contributed by atoms with van der Waals surface area (Å²) in [5, 5.41) is 0. The summed E-state index contributed by atoms with van der Waals surface area (Å²) >= 11 is 0. The zero-order valence-electron chi connectivity index (χ0n) is 22.3. The monoisotopic (exact) mass is 543 g/mol. The van der Waals surface area contributed by atoms with Crippen molar-refractivity contribution in [3.05, 3.63) is 52.5 Å². The van der Waals surface area contributed by atoms with Crippen molar-refractivity contribution in [2.75, 3.05) is 26.4 Å². The van der Waals surface area contributed by atoms with Crippen LogP contribution in [0.5, 0.6) is 11.6 Å². The first-order valence-electron chi connectivity index (χ1n) is 13.7. The van der Waals surface area contributed by atoms with E-state index >= 15 is 8.78 Å². The van der Waals surface area contributed by atoms with Crippen molar-refractivity contribution in [1.82, 2.24) is 4.98 Å². The second-order valence-corrected chi connectivity index (χ2v) is 9.71. The molecule has 0 radical (unpaired) electrons. The number of unbranched alkanes of at least 4 members (excludes halogenated alkanes) is 5. The third-order valence-electron chi connectivity index (χ3n) is 6.79. The molecule has 0 amide bonds. The number of hydrogen-bond donors (Lipinski definition) is 0. The van der Waals surface area contributed by atoms with Gasteiger partial charge in [0, 0.05) is 24.8 Å². The van der Waals surface area contributed by atoms with Gasteiger partial charge in [-0.25, -0.2) is 13.2 Å².